The van der Waals surface area contributed by atoms with E-state index in [1.807, 2.05) is 44.3 Å². The summed E-state index contributed by atoms with van der Waals surface area (Å²) in [7, 11) is 0. The number of benzene rings is 1. The van der Waals surface area contributed by atoms with E-state index in [0.717, 1.165) is 41.0 Å². The Morgan fingerprint density at radius 3 is 2.45 bits per heavy atom. The molecule has 1 aliphatic rings. The summed E-state index contributed by atoms with van der Waals surface area (Å²) in [6.07, 6.45) is -1.41. The predicted molar refractivity (Wildman–Crippen MR) is 137 cm³/mol. The second kappa shape index (κ2) is 11.0. The fourth-order valence-electron chi connectivity index (χ4n) is 3.84. The van der Waals surface area contributed by atoms with Gasteiger partial charge in [0, 0.05) is 42.7 Å². The molecule has 40 heavy (non-hydrogen) atoms. The van der Waals surface area contributed by atoms with Gasteiger partial charge in [-0.15, -0.1) is 0 Å². The number of halogens is 3. The molecule has 0 unspecified atom stereocenters. The molecule has 11 nitrogen and oxygen atoms in total. The van der Waals surface area contributed by atoms with Crippen LogP contribution in [0.4, 0.5) is 13.2 Å². The van der Waals surface area contributed by atoms with E-state index >= 15 is 0 Å². The van der Waals surface area contributed by atoms with Gasteiger partial charge in [0.1, 0.15) is 6.33 Å². The molecule has 0 atom stereocenters. The highest BCUT2D eigenvalue weighted by atomic mass is 19.4. The molecule has 4 heterocycles. The standard InChI is InChI=1S/C24H27N7O2.C2HF3O2/c1-14-7-15(20-19-8-17(18-9-25-10-18)12-31(19)28-13-27-20)5-6-16(14)11-26-22(32)21-29-23(33-30-21)24(2,3)4;3-2(4,5)1(6)7/h5-8,12-13,18,25H,9-11H2,1-4H3,(H,26,32);(H,6,7). The molecule has 0 radical (unpaired) electrons. The van der Waals surface area contributed by atoms with Crippen LogP contribution in [0.25, 0.3) is 16.8 Å². The van der Waals surface area contributed by atoms with Gasteiger partial charge in [-0.05, 0) is 35.7 Å². The average Bonchev–Trinajstić information content (AvgIpc) is 3.49. The Morgan fingerprint density at radius 1 is 1.20 bits per heavy atom. The molecule has 0 saturated carbocycles. The van der Waals surface area contributed by atoms with Crippen molar-refractivity contribution in [1.82, 2.24) is 35.4 Å². The topological polar surface area (TPSA) is 148 Å². The fourth-order valence-corrected chi connectivity index (χ4v) is 3.84. The van der Waals surface area contributed by atoms with Gasteiger partial charge in [-0.1, -0.05) is 38.1 Å². The van der Waals surface area contributed by atoms with Crippen LogP contribution in [0.15, 0.2) is 41.3 Å². The Bertz CT molecular complexity index is 1540. The van der Waals surface area contributed by atoms with Crippen molar-refractivity contribution < 1.29 is 32.4 Å². The van der Waals surface area contributed by atoms with Crippen LogP contribution in [0.3, 0.4) is 0 Å². The van der Waals surface area contributed by atoms with Crippen molar-refractivity contribution in [3.8, 4) is 11.3 Å². The number of nitrogens with one attached hydrogen (secondary N) is 2. The zero-order chi connectivity index (χ0) is 29.2. The molecule has 0 bridgehead atoms. The summed E-state index contributed by atoms with van der Waals surface area (Å²) < 4.78 is 38.8. The molecule has 3 aromatic heterocycles. The normalized spacial score (nSPS) is 13.9. The third-order valence-corrected chi connectivity index (χ3v) is 6.25. The Morgan fingerprint density at radius 2 is 1.90 bits per heavy atom. The molecular weight excluding hydrogens is 531 g/mol. The zero-order valence-corrected chi connectivity index (χ0v) is 22.2. The molecule has 1 aliphatic heterocycles. The van der Waals surface area contributed by atoms with E-state index < -0.39 is 12.1 Å². The Labute approximate surface area is 226 Å². The lowest BCUT2D eigenvalue weighted by atomic mass is 9.96. The molecule has 4 aromatic rings. The van der Waals surface area contributed by atoms with Gasteiger partial charge in [0.15, 0.2) is 0 Å². The first kappa shape index (κ1) is 28.7. The van der Waals surface area contributed by atoms with Crippen molar-refractivity contribution in [2.75, 3.05) is 13.1 Å². The number of carbonyl (C=O) groups excluding carboxylic acids is 1. The summed E-state index contributed by atoms with van der Waals surface area (Å²) in [6, 6.07) is 8.31. The lowest BCUT2D eigenvalue weighted by molar-refractivity contribution is -0.192. The van der Waals surface area contributed by atoms with Crippen molar-refractivity contribution in [1.29, 1.82) is 0 Å². The minimum Gasteiger partial charge on any atom is -0.475 e. The van der Waals surface area contributed by atoms with Gasteiger partial charge >= 0.3 is 12.1 Å². The van der Waals surface area contributed by atoms with Gasteiger partial charge < -0.3 is 20.3 Å². The monoisotopic (exact) mass is 559 g/mol. The molecule has 5 rings (SSSR count). The van der Waals surface area contributed by atoms with Gasteiger partial charge in [0.25, 0.3) is 11.7 Å². The van der Waals surface area contributed by atoms with Crippen molar-refractivity contribution in [3.63, 3.8) is 0 Å². The molecule has 0 aliphatic carbocycles. The van der Waals surface area contributed by atoms with Crippen LogP contribution in [0.5, 0.6) is 0 Å². The van der Waals surface area contributed by atoms with Gasteiger partial charge in [-0.3, -0.25) is 4.79 Å². The number of fused-ring (bicyclic) bond motifs is 1. The summed E-state index contributed by atoms with van der Waals surface area (Å²) in [4.78, 5) is 30.1. The van der Waals surface area contributed by atoms with E-state index in [0.29, 0.717) is 18.4 Å². The van der Waals surface area contributed by atoms with E-state index in [-0.39, 0.29) is 17.1 Å². The minimum absolute atomic E-state index is 0.0447. The smallest absolute Gasteiger partial charge is 0.475 e. The van der Waals surface area contributed by atoms with Crippen LogP contribution in [0.2, 0.25) is 0 Å². The molecule has 3 N–H and O–H groups in total. The maximum atomic E-state index is 12.5. The Kier molecular flexibility index (Phi) is 7.91. The summed E-state index contributed by atoms with van der Waals surface area (Å²) in [6.45, 7) is 10.3. The molecule has 14 heteroatoms. The van der Waals surface area contributed by atoms with E-state index in [1.165, 1.54) is 5.56 Å². The average molecular weight is 560 g/mol. The molecule has 1 fully saturated rings. The maximum absolute atomic E-state index is 12.5. The molecule has 1 saturated heterocycles. The van der Waals surface area contributed by atoms with Crippen LogP contribution in [0, 0.1) is 6.92 Å². The van der Waals surface area contributed by atoms with Crippen molar-refractivity contribution >= 4 is 17.4 Å². The summed E-state index contributed by atoms with van der Waals surface area (Å²) in [5.41, 5.74) is 5.94. The van der Waals surface area contributed by atoms with Gasteiger partial charge in [0.05, 0.1) is 11.2 Å². The minimum atomic E-state index is -5.08. The van der Waals surface area contributed by atoms with E-state index in [9.17, 15) is 18.0 Å². The van der Waals surface area contributed by atoms with Gasteiger partial charge in [0.2, 0.25) is 5.89 Å². The fraction of sp³-hybridized carbons (Fsp3) is 0.385. The van der Waals surface area contributed by atoms with Gasteiger partial charge in [-0.2, -0.15) is 23.3 Å². The number of hydrogen-bond acceptors (Lipinski definition) is 8. The number of aryl methyl sites for hydroxylation is 1. The number of aliphatic carboxylic acids is 1. The third kappa shape index (κ3) is 6.45. The molecule has 1 aromatic carbocycles. The highest BCUT2D eigenvalue weighted by Crippen LogP contribution is 2.29. The number of aromatic nitrogens is 5. The summed E-state index contributed by atoms with van der Waals surface area (Å²) >= 11 is 0. The maximum Gasteiger partial charge on any atom is 0.490 e. The first-order valence-corrected chi connectivity index (χ1v) is 12.3. The first-order valence-electron chi connectivity index (χ1n) is 12.3. The first-order chi connectivity index (χ1) is 18.7. The highest BCUT2D eigenvalue weighted by Gasteiger charge is 2.38. The molecule has 212 valence electrons. The summed E-state index contributed by atoms with van der Waals surface area (Å²) in [5, 5.41) is 21.5. The molecule has 1 amide bonds. The number of amides is 1. The Hall–Kier alpha value is -4.33. The van der Waals surface area contributed by atoms with Gasteiger partial charge in [-0.25, -0.2) is 14.3 Å². The second-order valence-electron chi connectivity index (χ2n) is 10.4. The second-order valence-corrected chi connectivity index (χ2v) is 10.4. The number of carboxylic acids is 1. The zero-order valence-electron chi connectivity index (χ0n) is 22.2. The quantitative estimate of drug-likeness (QED) is 0.333. The summed E-state index contributed by atoms with van der Waals surface area (Å²) in [5.74, 6) is -2.10. The van der Waals surface area contributed by atoms with Crippen LogP contribution < -0.4 is 10.6 Å². The number of nitrogens with zero attached hydrogens (tertiary/aromatic N) is 5. The predicted octanol–water partition coefficient (Wildman–Crippen LogP) is 3.64. The third-order valence-electron chi connectivity index (χ3n) is 6.25. The number of alkyl halides is 3. The Balaban J connectivity index is 0.000000470. The van der Waals surface area contributed by atoms with Crippen molar-refractivity contribution in [2.45, 2.75) is 51.7 Å². The lowest BCUT2D eigenvalue weighted by Gasteiger charge is -2.25. The molecular formula is C26H28F3N7O4. The van der Waals surface area contributed by atoms with Crippen LogP contribution in [-0.4, -0.2) is 61.0 Å². The molecule has 0 spiro atoms. The lowest BCUT2D eigenvalue weighted by Crippen LogP contribution is -2.39. The van der Waals surface area contributed by atoms with Crippen molar-refractivity contribution in [3.05, 3.63) is 65.2 Å². The number of carbonyl (C=O) groups is 2. The van der Waals surface area contributed by atoms with Crippen LogP contribution in [0.1, 0.15) is 59.9 Å². The number of hydrogen-bond donors (Lipinski definition) is 3. The van der Waals surface area contributed by atoms with E-state index in [1.54, 1.807) is 6.33 Å². The van der Waals surface area contributed by atoms with Crippen LogP contribution >= 0.6 is 0 Å². The SMILES string of the molecule is Cc1cc(-c2ncnn3cc(C4CNC4)cc23)ccc1CNC(=O)c1noc(C(C)(C)C)n1.O=C(O)C(F)(F)F. The van der Waals surface area contributed by atoms with Crippen molar-refractivity contribution in [2.24, 2.45) is 0 Å². The highest BCUT2D eigenvalue weighted by molar-refractivity contribution is 5.90. The largest absolute Gasteiger partial charge is 0.490 e. The van der Waals surface area contributed by atoms with E-state index in [2.05, 4.69) is 49.2 Å². The van der Waals surface area contributed by atoms with Crippen LogP contribution in [-0.2, 0) is 16.8 Å². The van der Waals surface area contributed by atoms with E-state index in [4.69, 9.17) is 14.4 Å². The number of rotatable bonds is 5. The number of carboxylic acid groups (broad SMARTS) is 1.